The molecule has 6 nitrogen and oxygen atoms in total. The third kappa shape index (κ3) is 4.79. The molecule has 0 N–H and O–H groups in total. The lowest BCUT2D eigenvalue weighted by Crippen LogP contribution is -2.35. The van der Waals surface area contributed by atoms with Gasteiger partial charge in [-0.2, -0.15) is 0 Å². The summed E-state index contributed by atoms with van der Waals surface area (Å²) in [6, 6.07) is 12.4. The number of nitrogens with zero attached hydrogens (tertiary/aromatic N) is 5. The van der Waals surface area contributed by atoms with Crippen molar-refractivity contribution in [1.29, 1.82) is 0 Å². The number of pyridine rings is 1. The van der Waals surface area contributed by atoms with Crippen LogP contribution in [0, 0.1) is 0 Å². The number of likely N-dealkylation sites (tertiary alicyclic amines) is 1. The Bertz CT molecular complexity index is 987. The lowest BCUT2D eigenvalue weighted by Gasteiger charge is -2.32. The van der Waals surface area contributed by atoms with Gasteiger partial charge in [0.15, 0.2) is 0 Å². The second-order valence-electron chi connectivity index (χ2n) is 8.77. The summed E-state index contributed by atoms with van der Waals surface area (Å²) < 4.78 is 8.58. The predicted molar refractivity (Wildman–Crippen MR) is 120 cm³/mol. The van der Waals surface area contributed by atoms with Gasteiger partial charge >= 0.3 is 0 Å². The summed E-state index contributed by atoms with van der Waals surface area (Å²) in [6.45, 7) is 4.68. The first-order valence-corrected chi connectivity index (χ1v) is 11.6. The molecule has 0 radical (unpaired) electrons. The zero-order valence-electron chi connectivity index (χ0n) is 18.1. The number of benzene rings is 1. The quantitative estimate of drug-likeness (QED) is 0.597. The second kappa shape index (κ2) is 9.60. The molecular formula is C25H31N5O. The fourth-order valence-corrected chi connectivity index (χ4v) is 4.88. The van der Waals surface area contributed by atoms with Gasteiger partial charge in [0.25, 0.3) is 0 Å². The molecule has 3 aromatic rings. The Labute approximate surface area is 184 Å². The highest BCUT2D eigenvalue weighted by Gasteiger charge is 2.27. The number of ether oxygens (including phenoxy) is 1. The van der Waals surface area contributed by atoms with Gasteiger partial charge < -0.3 is 9.30 Å². The fourth-order valence-electron chi connectivity index (χ4n) is 4.88. The van der Waals surface area contributed by atoms with Crippen molar-refractivity contribution in [2.24, 2.45) is 0 Å². The summed E-state index contributed by atoms with van der Waals surface area (Å²) in [5.74, 6) is 3.84. The minimum atomic E-state index is 0.469. The van der Waals surface area contributed by atoms with Gasteiger partial charge in [0.05, 0.1) is 0 Å². The Morgan fingerprint density at radius 1 is 0.968 bits per heavy atom. The first-order chi connectivity index (χ1) is 15.4. The van der Waals surface area contributed by atoms with Crippen LogP contribution >= 0.6 is 0 Å². The van der Waals surface area contributed by atoms with E-state index in [1.165, 1.54) is 49.3 Å². The number of fused-ring (bicyclic) bond motifs is 1. The summed E-state index contributed by atoms with van der Waals surface area (Å²) >= 11 is 0. The lowest BCUT2D eigenvalue weighted by molar-refractivity contribution is 0.190. The highest BCUT2D eigenvalue weighted by Crippen LogP contribution is 2.30. The van der Waals surface area contributed by atoms with E-state index in [-0.39, 0.29) is 0 Å². The minimum absolute atomic E-state index is 0.469. The molecule has 6 heteroatoms. The van der Waals surface area contributed by atoms with E-state index in [2.05, 4.69) is 42.8 Å². The van der Waals surface area contributed by atoms with E-state index in [4.69, 9.17) is 4.74 Å². The molecule has 0 spiro atoms. The molecule has 1 fully saturated rings. The zero-order chi connectivity index (χ0) is 20.9. The minimum Gasteiger partial charge on any atom is -0.489 e. The maximum atomic E-state index is 6.16. The Balaban J connectivity index is 1.26. The number of aryl methyl sites for hydroxylation is 1. The number of piperidine rings is 1. The van der Waals surface area contributed by atoms with E-state index in [9.17, 15) is 0 Å². The number of aromatic nitrogens is 4. The monoisotopic (exact) mass is 417 g/mol. The Morgan fingerprint density at radius 3 is 2.87 bits per heavy atom. The van der Waals surface area contributed by atoms with Crippen molar-refractivity contribution < 1.29 is 4.74 Å². The van der Waals surface area contributed by atoms with Gasteiger partial charge in [0.2, 0.25) is 0 Å². The highest BCUT2D eigenvalue weighted by molar-refractivity contribution is 5.33. The van der Waals surface area contributed by atoms with Crippen LogP contribution in [0.2, 0.25) is 0 Å². The van der Waals surface area contributed by atoms with Gasteiger partial charge in [-0.05, 0) is 44.4 Å². The van der Waals surface area contributed by atoms with Crippen molar-refractivity contribution >= 4 is 0 Å². The molecule has 1 atom stereocenters. The van der Waals surface area contributed by atoms with Gasteiger partial charge in [-0.25, -0.2) is 0 Å². The molecule has 0 amide bonds. The highest BCUT2D eigenvalue weighted by atomic mass is 16.5. The summed E-state index contributed by atoms with van der Waals surface area (Å²) in [6.07, 6.45) is 10.9. The lowest BCUT2D eigenvalue weighted by atomic mass is 9.96. The van der Waals surface area contributed by atoms with E-state index in [0.29, 0.717) is 12.5 Å². The molecule has 2 aliphatic rings. The van der Waals surface area contributed by atoms with Crippen LogP contribution in [0.5, 0.6) is 5.75 Å². The molecule has 0 bridgehead atoms. The van der Waals surface area contributed by atoms with Crippen molar-refractivity contribution in [2.45, 2.75) is 64.1 Å². The van der Waals surface area contributed by atoms with Crippen LogP contribution in [-0.4, -0.2) is 37.7 Å². The molecule has 0 aliphatic carbocycles. The SMILES string of the molecule is c1cncc(COc2ccccc2CN2CCCC(c3nnc4n3CCCCC4)C2)c1. The van der Waals surface area contributed by atoms with E-state index >= 15 is 0 Å². The molecule has 5 rings (SSSR count). The first kappa shape index (κ1) is 20.2. The third-order valence-electron chi connectivity index (χ3n) is 6.49. The van der Waals surface area contributed by atoms with Crippen LogP contribution in [0.1, 0.15) is 60.8 Å². The molecule has 1 aromatic carbocycles. The van der Waals surface area contributed by atoms with Crippen LogP contribution in [0.25, 0.3) is 0 Å². The topological polar surface area (TPSA) is 56.1 Å². The van der Waals surface area contributed by atoms with Crippen molar-refractivity contribution in [3.63, 3.8) is 0 Å². The molecule has 2 aliphatic heterocycles. The fraction of sp³-hybridized carbons (Fsp3) is 0.480. The molecule has 4 heterocycles. The van der Waals surface area contributed by atoms with Gasteiger partial charge in [0, 0.05) is 55.5 Å². The third-order valence-corrected chi connectivity index (χ3v) is 6.49. The molecular weight excluding hydrogens is 386 g/mol. The first-order valence-electron chi connectivity index (χ1n) is 11.6. The number of hydrogen-bond donors (Lipinski definition) is 0. The van der Waals surface area contributed by atoms with Crippen molar-refractivity contribution in [2.75, 3.05) is 13.1 Å². The van der Waals surface area contributed by atoms with Crippen molar-refractivity contribution in [3.8, 4) is 5.75 Å². The Kier molecular flexibility index (Phi) is 6.25. The van der Waals surface area contributed by atoms with E-state index in [0.717, 1.165) is 43.9 Å². The van der Waals surface area contributed by atoms with Crippen LogP contribution < -0.4 is 4.74 Å². The normalized spacial score (nSPS) is 19.5. The second-order valence-corrected chi connectivity index (χ2v) is 8.77. The van der Waals surface area contributed by atoms with Gasteiger partial charge in [-0.15, -0.1) is 10.2 Å². The van der Waals surface area contributed by atoms with Gasteiger partial charge in [-0.3, -0.25) is 9.88 Å². The zero-order valence-corrected chi connectivity index (χ0v) is 18.1. The number of hydrogen-bond acceptors (Lipinski definition) is 5. The van der Waals surface area contributed by atoms with E-state index < -0.39 is 0 Å². The summed E-state index contributed by atoms with van der Waals surface area (Å²) in [5, 5.41) is 9.18. The standard InChI is InChI=1S/C25H31N5O/c1-2-12-24-27-28-25(30(24)15-5-1)22-10-7-14-29(18-22)17-21-9-3-4-11-23(21)31-19-20-8-6-13-26-16-20/h3-4,6,8-9,11,13,16,22H,1-2,5,7,10,12,14-15,17-19H2. The Morgan fingerprint density at radius 2 is 1.94 bits per heavy atom. The molecule has 2 aromatic heterocycles. The summed E-state index contributed by atoms with van der Waals surface area (Å²) in [4.78, 5) is 6.74. The van der Waals surface area contributed by atoms with Crippen LogP contribution in [0.3, 0.4) is 0 Å². The van der Waals surface area contributed by atoms with Crippen LogP contribution in [-0.2, 0) is 26.1 Å². The number of para-hydroxylation sites is 1. The molecule has 0 saturated carbocycles. The summed E-state index contributed by atoms with van der Waals surface area (Å²) in [7, 11) is 0. The van der Waals surface area contributed by atoms with Crippen LogP contribution in [0.4, 0.5) is 0 Å². The average molecular weight is 418 g/mol. The van der Waals surface area contributed by atoms with Crippen molar-refractivity contribution in [3.05, 3.63) is 71.6 Å². The molecule has 1 saturated heterocycles. The van der Waals surface area contributed by atoms with E-state index in [1.54, 1.807) is 6.20 Å². The van der Waals surface area contributed by atoms with Gasteiger partial charge in [0.1, 0.15) is 24.0 Å². The molecule has 162 valence electrons. The summed E-state index contributed by atoms with van der Waals surface area (Å²) in [5.41, 5.74) is 2.33. The maximum absolute atomic E-state index is 6.16. The smallest absolute Gasteiger partial charge is 0.137 e. The number of rotatable bonds is 6. The largest absolute Gasteiger partial charge is 0.489 e. The van der Waals surface area contributed by atoms with Crippen molar-refractivity contribution in [1.82, 2.24) is 24.6 Å². The van der Waals surface area contributed by atoms with Gasteiger partial charge in [-0.1, -0.05) is 30.7 Å². The van der Waals surface area contributed by atoms with E-state index in [1.807, 2.05) is 24.4 Å². The Hall–Kier alpha value is -2.73. The molecule has 31 heavy (non-hydrogen) atoms. The predicted octanol–water partition coefficient (Wildman–Crippen LogP) is 4.36. The average Bonchev–Trinajstić information content (AvgIpc) is 3.07. The van der Waals surface area contributed by atoms with Crippen LogP contribution in [0.15, 0.2) is 48.8 Å². The molecule has 1 unspecified atom stereocenters. The maximum Gasteiger partial charge on any atom is 0.137 e.